The fourth-order valence-electron chi connectivity index (χ4n) is 1.53. The Bertz CT molecular complexity index is 691. The minimum absolute atomic E-state index is 0.0564. The summed E-state index contributed by atoms with van der Waals surface area (Å²) in [7, 11) is -2.92. The number of hydrogen-bond donors (Lipinski definition) is 2. The lowest BCUT2D eigenvalue weighted by Crippen LogP contribution is -2.28. The Morgan fingerprint density at radius 1 is 1.23 bits per heavy atom. The molecule has 0 aliphatic carbocycles. The molecule has 0 saturated carbocycles. The summed E-state index contributed by atoms with van der Waals surface area (Å²) in [5.74, 6) is -0.687. The van der Waals surface area contributed by atoms with Gasteiger partial charge in [0.2, 0.25) is 10.0 Å². The first kappa shape index (κ1) is 17.9. The topological polar surface area (TPSA) is 125 Å². The van der Waals surface area contributed by atoms with Crippen LogP contribution in [0.3, 0.4) is 0 Å². The van der Waals surface area contributed by atoms with Crippen molar-refractivity contribution in [2.45, 2.75) is 31.3 Å². The quantitative estimate of drug-likeness (QED) is 0.808. The maximum Gasteiger partial charge on any atom is 0.412 e. The normalized spacial score (nSPS) is 11.7. The predicted molar refractivity (Wildman–Crippen MR) is 79.0 cm³/mol. The predicted octanol–water partition coefficient (Wildman–Crippen LogP) is 1.47. The third-order valence-electron chi connectivity index (χ3n) is 2.34. The van der Waals surface area contributed by atoms with E-state index in [-0.39, 0.29) is 16.1 Å². The van der Waals surface area contributed by atoms with E-state index in [1.165, 1.54) is 13.2 Å². The van der Waals surface area contributed by atoms with E-state index in [2.05, 4.69) is 10.1 Å². The highest BCUT2D eigenvalue weighted by Crippen LogP contribution is 2.23. The second kappa shape index (κ2) is 6.32. The summed E-state index contributed by atoms with van der Waals surface area (Å²) in [5, 5.41) is 7.35. The van der Waals surface area contributed by atoms with Crippen LogP contribution in [-0.4, -0.2) is 33.2 Å². The number of nitrogens with two attached hydrogens (primary N) is 1. The minimum atomic E-state index is -4.09. The Kier molecular flexibility index (Phi) is 5.15. The molecule has 0 unspecified atom stereocenters. The second-order valence-corrected chi connectivity index (χ2v) is 6.90. The van der Waals surface area contributed by atoms with E-state index in [1.807, 2.05) is 0 Å². The van der Waals surface area contributed by atoms with Gasteiger partial charge in [0.05, 0.1) is 18.4 Å². The molecule has 0 aliphatic rings. The van der Waals surface area contributed by atoms with Crippen LogP contribution in [0.1, 0.15) is 31.1 Å². The lowest BCUT2D eigenvalue weighted by molar-refractivity contribution is 0.0596. The summed E-state index contributed by atoms with van der Waals surface area (Å²) < 4.78 is 32.7. The molecule has 1 aromatic carbocycles. The fourth-order valence-corrected chi connectivity index (χ4v) is 2.21. The number of carbonyl (C=O) groups is 2. The maximum atomic E-state index is 11.8. The van der Waals surface area contributed by atoms with Crippen LogP contribution >= 0.6 is 0 Å². The molecule has 1 rings (SSSR count). The van der Waals surface area contributed by atoms with E-state index in [0.29, 0.717) is 0 Å². The Morgan fingerprint density at radius 3 is 2.27 bits per heavy atom. The van der Waals surface area contributed by atoms with Crippen LogP contribution in [0.25, 0.3) is 0 Å². The summed E-state index contributed by atoms with van der Waals surface area (Å²) in [6, 6.07) is 3.48. The lowest BCUT2D eigenvalue weighted by Gasteiger charge is -2.20. The molecule has 0 heterocycles. The number of anilines is 1. The fraction of sp³-hybridized carbons (Fsp3) is 0.385. The van der Waals surface area contributed by atoms with Gasteiger partial charge in [0, 0.05) is 0 Å². The second-order valence-electron chi connectivity index (χ2n) is 5.37. The number of methoxy groups -OCH3 is 1. The molecule has 122 valence electrons. The van der Waals surface area contributed by atoms with Crippen LogP contribution in [-0.2, 0) is 19.5 Å². The number of ether oxygens (including phenoxy) is 2. The Morgan fingerprint density at radius 2 is 1.82 bits per heavy atom. The molecule has 9 heteroatoms. The first-order valence-corrected chi connectivity index (χ1v) is 7.74. The van der Waals surface area contributed by atoms with Crippen LogP contribution < -0.4 is 10.5 Å². The summed E-state index contributed by atoms with van der Waals surface area (Å²) in [4.78, 5) is 22.9. The van der Waals surface area contributed by atoms with Gasteiger partial charge >= 0.3 is 12.1 Å². The van der Waals surface area contributed by atoms with Gasteiger partial charge in [-0.05, 0) is 39.0 Å². The van der Waals surface area contributed by atoms with Crippen LogP contribution in [0, 0.1) is 0 Å². The van der Waals surface area contributed by atoms with E-state index in [9.17, 15) is 18.0 Å². The zero-order chi connectivity index (χ0) is 17.1. The number of amides is 1. The standard InChI is InChI=1S/C13H18N2O6S/c1-13(2,3)21-12(17)15-9-7-8(11(16)20-4)5-6-10(9)22(14,18)19/h5-7H,1-4H3,(H,15,17)(H2,14,18,19). The number of sulfonamides is 1. The molecule has 3 N–H and O–H groups in total. The summed E-state index contributed by atoms with van der Waals surface area (Å²) >= 11 is 0. The monoisotopic (exact) mass is 330 g/mol. The van der Waals surface area contributed by atoms with Crippen LogP contribution in [0.4, 0.5) is 10.5 Å². The largest absolute Gasteiger partial charge is 0.465 e. The molecular weight excluding hydrogens is 312 g/mol. The molecule has 0 saturated heterocycles. The van der Waals surface area contributed by atoms with E-state index < -0.39 is 27.7 Å². The molecule has 1 amide bonds. The van der Waals surface area contributed by atoms with Crippen molar-refractivity contribution in [2.75, 3.05) is 12.4 Å². The molecule has 1 aromatic rings. The van der Waals surface area contributed by atoms with Gasteiger partial charge in [-0.15, -0.1) is 0 Å². The van der Waals surface area contributed by atoms with Gasteiger partial charge in [-0.25, -0.2) is 23.1 Å². The number of hydrogen-bond acceptors (Lipinski definition) is 6. The van der Waals surface area contributed by atoms with Gasteiger partial charge in [0.1, 0.15) is 10.5 Å². The molecule has 0 aromatic heterocycles. The smallest absolute Gasteiger partial charge is 0.412 e. The zero-order valence-electron chi connectivity index (χ0n) is 12.7. The number of rotatable bonds is 3. The molecule has 0 atom stereocenters. The molecular formula is C13H18N2O6S. The summed E-state index contributed by atoms with van der Waals surface area (Å²) in [6.45, 7) is 4.95. The highest BCUT2D eigenvalue weighted by atomic mass is 32.2. The first-order chi connectivity index (χ1) is 9.94. The van der Waals surface area contributed by atoms with E-state index >= 15 is 0 Å². The van der Waals surface area contributed by atoms with Crippen LogP contribution in [0.15, 0.2) is 23.1 Å². The van der Waals surface area contributed by atoms with Crippen LogP contribution in [0.5, 0.6) is 0 Å². The van der Waals surface area contributed by atoms with Crippen molar-refractivity contribution in [2.24, 2.45) is 5.14 Å². The van der Waals surface area contributed by atoms with Gasteiger partial charge in [0.25, 0.3) is 0 Å². The molecule has 0 fully saturated rings. The van der Waals surface area contributed by atoms with E-state index in [1.54, 1.807) is 20.8 Å². The average molecular weight is 330 g/mol. The third-order valence-corrected chi connectivity index (χ3v) is 3.31. The van der Waals surface area contributed by atoms with Crippen molar-refractivity contribution in [1.29, 1.82) is 0 Å². The van der Waals surface area contributed by atoms with Crippen molar-refractivity contribution in [3.63, 3.8) is 0 Å². The maximum absolute atomic E-state index is 11.8. The average Bonchev–Trinajstić information content (AvgIpc) is 2.33. The van der Waals surface area contributed by atoms with E-state index in [4.69, 9.17) is 9.88 Å². The highest BCUT2D eigenvalue weighted by Gasteiger charge is 2.21. The van der Waals surface area contributed by atoms with Crippen molar-refractivity contribution in [3.8, 4) is 0 Å². The number of benzene rings is 1. The first-order valence-electron chi connectivity index (χ1n) is 6.19. The molecule has 0 spiro atoms. The molecule has 22 heavy (non-hydrogen) atoms. The number of primary sulfonamides is 1. The Hall–Kier alpha value is -2.13. The Labute approximate surface area is 128 Å². The molecule has 0 bridgehead atoms. The van der Waals surface area contributed by atoms with Gasteiger partial charge in [-0.2, -0.15) is 0 Å². The Balaban J connectivity index is 3.23. The summed E-state index contributed by atoms with van der Waals surface area (Å²) in [5.41, 5.74) is -0.883. The van der Waals surface area contributed by atoms with Crippen molar-refractivity contribution >= 4 is 27.8 Å². The van der Waals surface area contributed by atoms with Gasteiger partial charge in [0.15, 0.2) is 0 Å². The highest BCUT2D eigenvalue weighted by molar-refractivity contribution is 7.89. The number of nitrogens with one attached hydrogen (secondary N) is 1. The molecule has 8 nitrogen and oxygen atoms in total. The number of esters is 1. The SMILES string of the molecule is COC(=O)c1ccc(S(N)(=O)=O)c(NC(=O)OC(C)(C)C)c1. The van der Waals surface area contributed by atoms with Gasteiger partial charge < -0.3 is 9.47 Å². The molecule has 0 aliphatic heterocycles. The third kappa shape index (κ3) is 5.01. The van der Waals surface area contributed by atoms with Gasteiger partial charge in [-0.3, -0.25) is 5.32 Å². The van der Waals surface area contributed by atoms with Crippen molar-refractivity contribution < 1.29 is 27.5 Å². The minimum Gasteiger partial charge on any atom is -0.465 e. The van der Waals surface area contributed by atoms with E-state index in [0.717, 1.165) is 12.1 Å². The van der Waals surface area contributed by atoms with Crippen LogP contribution in [0.2, 0.25) is 0 Å². The lowest BCUT2D eigenvalue weighted by atomic mass is 10.2. The van der Waals surface area contributed by atoms with Crippen molar-refractivity contribution in [3.05, 3.63) is 23.8 Å². The summed E-state index contributed by atoms with van der Waals surface area (Å²) in [6.07, 6.45) is -0.876. The molecule has 0 radical (unpaired) electrons. The van der Waals surface area contributed by atoms with Crippen molar-refractivity contribution in [1.82, 2.24) is 0 Å². The van der Waals surface area contributed by atoms with Gasteiger partial charge in [-0.1, -0.05) is 0 Å². The number of carbonyl (C=O) groups excluding carboxylic acids is 2. The zero-order valence-corrected chi connectivity index (χ0v) is 13.5.